The SMILES string of the molecule is Cc1oc2c(c1C(=O)O)c(C(c1ccncc1)N1CCN(C)CC1)c(O)c1cc(OCC(C)(C)C)ccc12.Cc1oc2c(c1C(=O)O)c(C(c1ccncc1)N1CCN(C)CC1)c(O)c1cc(OCCC3CCCCC3)ccc12.Cc1oc2c(c1C(=O)O)c(C(c1ccncc1)N1CCN(C)CC1)c(O)c1cc(OCCc3ccccc3)ccc12. The molecule has 13 aromatic rings. The van der Waals surface area contributed by atoms with Crippen LogP contribution in [0.3, 0.4) is 0 Å². The fourth-order valence-electron chi connectivity index (χ4n) is 18.0. The molecule has 17 rings (SSSR count). The van der Waals surface area contributed by atoms with Crippen LogP contribution in [0.2, 0.25) is 0 Å². The summed E-state index contributed by atoms with van der Waals surface area (Å²) in [5, 5.41) is 71.9. The van der Waals surface area contributed by atoms with Crippen LogP contribution in [-0.4, -0.2) is 212 Å². The lowest BCUT2D eigenvalue weighted by Gasteiger charge is -2.39. The summed E-state index contributed by atoms with van der Waals surface area (Å²) in [7, 11) is 6.28. The Morgan fingerprint density at radius 1 is 0.425 bits per heavy atom. The van der Waals surface area contributed by atoms with Crippen LogP contribution >= 0.6 is 0 Å². The quantitative estimate of drug-likeness (QED) is 0.0367. The molecule has 4 fully saturated rings. The van der Waals surface area contributed by atoms with Crippen molar-refractivity contribution in [3.63, 3.8) is 0 Å². The van der Waals surface area contributed by atoms with Crippen LogP contribution in [0.5, 0.6) is 34.5 Å². The summed E-state index contributed by atoms with van der Waals surface area (Å²) in [4.78, 5) is 64.0. The number of likely N-dealkylation sites (N-methyl/N-ethyl adjacent to an activating group) is 3. The number of phenolic OH excluding ortho intramolecular Hbond substituents is 3. The van der Waals surface area contributed by atoms with Gasteiger partial charge in [-0.15, -0.1) is 0 Å². The number of hydrogen-bond acceptors (Lipinski definition) is 21. The van der Waals surface area contributed by atoms with Gasteiger partial charge in [0.1, 0.15) is 85.2 Å². The smallest absolute Gasteiger partial charge is 0.339 e. The van der Waals surface area contributed by atoms with Crippen LogP contribution in [0.15, 0.2) is 172 Å². The summed E-state index contributed by atoms with van der Waals surface area (Å²) in [6, 6.07) is 37.2. The average molecular weight is 1630 g/mol. The van der Waals surface area contributed by atoms with E-state index >= 15 is 0 Å². The van der Waals surface area contributed by atoms with Crippen LogP contribution in [0.25, 0.3) is 65.2 Å². The van der Waals surface area contributed by atoms with Gasteiger partial charge in [0, 0.05) is 187 Å². The molecule has 3 unspecified atom stereocenters. The van der Waals surface area contributed by atoms with E-state index in [0.717, 1.165) is 108 Å². The number of benzene rings is 7. The molecular formula is C96H107N9O15. The molecule has 626 valence electrons. The lowest BCUT2D eigenvalue weighted by Crippen LogP contribution is -2.46. The fraction of sp³-hybridized carbons (Fsp3) is 0.375. The molecule has 9 heterocycles. The first-order chi connectivity index (χ1) is 57.9. The van der Waals surface area contributed by atoms with E-state index < -0.39 is 30.0 Å². The van der Waals surface area contributed by atoms with E-state index in [-0.39, 0.29) is 45.4 Å². The Morgan fingerprint density at radius 3 is 1.07 bits per heavy atom. The predicted octanol–water partition coefficient (Wildman–Crippen LogP) is 17.5. The van der Waals surface area contributed by atoms with Gasteiger partial charge in [-0.25, -0.2) is 14.4 Å². The van der Waals surface area contributed by atoms with E-state index in [2.05, 4.69) is 98.4 Å². The van der Waals surface area contributed by atoms with Gasteiger partial charge in [-0.1, -0.05) is 83.2 Å². The normalized spacial score (nSPS) is 16.6. The first-order valence-corrected chi connectivity index (χ1v) is 41.6. The van der Waals surface area contributed by atoms with Gasteiger partial charge in [0.15, 0.2) is 0 Å². The molecule has 3 saturated heterocycles. The van der Waals surface area contributed by atoms with Gasteiger partial charge in [-0.2, -0.15) is 0 Å². The molecule has 4 aliphatic rings. The summed E-state index contributed by atoms with van der Waals surface area (Å²) >= 11 is 0. The summed E-state index contributed by atoms with van der Waals surface area (Å²) < 4.78 is 36.9. The number of phenols is 3. The Balaban J connectivity index is 0.000000140. The molecule has 24 nitrogen and oxygen atoms in total. The third-order valence-electron chi connectivity index (χ3n) is 24.2. The maximum atomic E-state index is 12.6. The van der Waals surface area contributed by atoms with Crippen molar-refractivity contribution in [3.05, 3.63) is 231 Å². The Bertz CT molecular complexity index is 5840. The van der Waals surface area contributed by atoms with Gasteiger partial charge < -0.3 is 72.8 Å². The zero-order valence-electron chi connectivity index (χ0n) is 69.8. The number of aromatic hydroxyl groups is 3. The van der Waals surface area contributed by atoms with Crippen LogP contribution < -0.4 is 14.2 Å². The number of rotatable bonds is 22. The minimum absolute atomic E-state index is 0.0325. The van der Waals surface area contributed by atoms with Crippen molar-refractivity contribution < 1.29 is 72.5 Å². The van der Waals surface area contributed by atoms with Crippen molar-refractivity contribution in [2.45, 2.75) is 105 Å². The number of aromatic carboxylic acids is 3. The van der Waals surface area contributed by atoms with Gasteiger partial charge in [0.2, 0.25) is 0 Å². The van der Waals surface area contributed by atoms with Gasteiger partial charge in [0.25, 0.3) is 0 Å². The van der Waals surface area contributed by atoms with Gasteiger partial charge in [0.05, 0.1) is 37.9 Å². The largest absolute Gasteiger partial charge is 0.507 e. The number of furan rings is 3. The Hall–Kier alpha value is -11.6. The van der Waals surface area contributed by atoms with Crippen LogP contribution in [-0.2, 0) is 6.42 Å². The maximum absolute atomic E-state index is 12.6. The molecule has 0 bridgehead atoms. The number of aromatic nitrogens is 3. The second-order valence-corrected chi connectivity index (χ2v) is 33.7. The molecule has 3 atom stereocenters. The van der Waals surface area contributed by atoms with E-state index in [4.69, 9.17) is 27.5 Å². The van der Waals surface area contributed by atoms with E-state index in [1.165, 1.54) is 37.7 Å². The molecule has 6 aromatic heterocycles. The van der Waals surface area contributed by atoms with Crippen molar-refractivity contribution in [2.75, 3.05) is 120 Å². The molecular weight excluding hydrogens is 1520 g/mol. The molecule has 0 radical (unpaired) electrons. The van der Waals surface area contributed by atoms with Crippen molar-refractivity contribution in [2.24, 2.45) is 11.3 Å². The molecule has 6 N–H and O–H groups in total. The van der Waals surface area contributed by atoms with Gasteiger partial charge in [-0.05, 0) is 173 Å². The third kappa shape index (κ3) is 17.6. The summed E-state index contributed by atoms with van der Waals surface area (Å²) in [5.74, 6) is 0.479. The highest BCUT2D eigenvalue weighted by molar-refractivity contribution is 6.19. The highest BCUT2D eigenvalue weighted by Gasteiger charge is 2.39. The van der Waals surface area contributed by atoms with E-state index in [1.807, 2.05) is 109 Å². The number of carboxylic acids is 3. The molecule has 7 aromatic carbocycles. The topological polar surface area (TPSA) is 298 Å². The highest BCUT2D eigenvalue weighted by atomic mass is 16.5. The fourth-order valence-corrected chi connectivity index (χ4v) is 18.0. The zero-order valence-corrected chi connectivity index (χ0v) is 69.8. The summed E-state index contributed by atoms with van der Waals surface area (Å²) in [6.45, 7) is 22.7. The van der Waals surface area contributed by atoms with Crippen molar-refractivity contribution >= 4 is 83.1 Å². The molecule has 0 amide bonds. The van der Waals surface area contributed by atoms with E-state index in [9.17, 15) is 45.0 Å². The maximum Gasteiger partial charge on any atom is 0.339 e. The molecule has 24 heteroatoms. The first kappa shape index (κ1) is 83.4. The van der Waals surface area contributed by atoms with Crippen LogP contribution in [0, 0.1) is 32.1 Å². The monoisotopic (exact) mass is 1630 g/mol. The second kappa shape index (κ2) is 36.1. The highest BCUT2D eigenvalue weighted by Crippen LogP contribution is 2.53. The van der Waals surface area contributed by atoms with Crippen LogP contribution in [0.1, 0.15) is 165 Å². The first-order valence-electron chi connectivity index (χ1n) is 41.6. The Kier molecular flexibility index (Phi) is 25.1. The summed E-state index contributed by atoms with van der Waals surface area (Å²) in [6.07, 6.45) is 18.7. The number of ether oxygens (including phenoxy) is 3. The predicted molar refractivity (Wildman–Crippen MR) is 464 cm³/mol. The number of nitrogens with zero attached hydrogens (tertiary/aromatic N) is 9. The number of aryl methyl sites for hydroxylation is 3. The number of pyridine rings is 3. The van der Waals surface area contributed by atoms with Gasteiger partial charge in [-0.3, -0.25) is 29.7 Å². The van der Waals surface area contributed by atoms with Crippen molar-refractivity contribution in [3.8, 4) is 34.5 Å². The Labute approximate surface area is 697 Å². The zero-order chi connectivity index (χ0) is 84.2. The molecule has 1 aliphatic carbocycles. The number of hydrogen-bond donors (Lipinski definition) is 6. The van der Waals surface area contributed by atoms with Crippen molar-refractivity contribution in [1.29, 1.82) is 0 Å². The number of piperazine rings is 3. The average Bonchev–Trinajstić information content (AvgIpc) is 1.53. The molecule has 0 spiro atoms. The Morgan fingerprint density at radius 2 is 0.750 bits per heavy atom. The second-order valence-electron chi connectivity index (χ2n) is 33.7. The number of carboxylic acid groups (broad SMARTS) is 3. The number of carbonyl (C=O) groups is 3. The van der Waals surface area contributed by atoms with Crippen molar-refractivity contribution in [1.82, 2.24) is 44.4 Å². The lowest BCUT2D eigenvalue weighted by atomic mass is 9.87. The van der Waals surface area contributed by atoms with Gasteiger partial charge >= 0.3 is 17.9 Å². The summed E-state index contributed by atoms with van der Waals surface area (Å²) in [5.41, 5.74) is 7.17. The number of fused-ring (bicyclic) bond motifs is 9. The molecule has 1 saturated carbocycles. The standard InChI is InChI=1S/C33H39N3O5.C33H33N3O5.C30H35N3O5/c2*1-21-27(33(38)39)28-29(30(23-10-13-34-14-11-23)36-17-15-35(2)16-18-36)31(37)26-20-24(8-9-25(26)32(28)41-21)40-19-12-22-6-4-3-5-7-22;1-18-23(29(35)36)24-25(26(19-8-10-31-11-9-19)33-14-12-32(5)13-15-33)27(34)22-16-20(37-17-30(2,3)4)6-7-21(22)28(24)38-18/h8-11,13-14,20,22,30,37H,3-7,12,15-19H2,1-2H3,(H,38,39);3-11,13-14,20,30,37H,12,15-19H2,1-2H3,(H,38,39);6-11,16,26,34H,12-15,17H2,1-5H3,(H,35,36). The van der Waals surface area contributed by atoms with Crippen LogP contribution in [0.4, 0.5) is 0 Å². The minimum Gasteiger partial charge on any atom is -0.507 e. The minimum atomic E-state index is -1.09. The molecule has 120 heavy (non-hydrogen) atoms. The third-order valence-corrected chi connectivity index (χ3v) is 24.2. The molecule has 3 aliphatic heterocycles. The lowest BCUT2D eigenvalue weighted by molar-refractivity contribution is 0.0685. The van der Waals surface area contributed by atoms with E-state index in [0.29, 0.717) is 142 Å². The van der Waals surface area contributed by atoms with E-state index in [1.54, 1.807) is 58.0 Å².